The zero-order valence-electron chi connectivity index (χ0n) is 14.3. The first-order chi connectivity index (χ1) is 12.6. The maximum absolute atomic E-state index is 10.7. The number of carboxylic acid groups (broad SMARTS) is 1. The fraction of sp³-hybridized carbons (Fsp3) is 0.222. The number of thiazole rings is 1. The van der Waals surface area contributed by atoms with E-state index in [9.17, 15) is 4.79 Å². The highest BCUT2D eigenvalue weighted by Crippen LogP contribution is 2.23. The molecule has 1 aromatic carbocycles. The van der Waals surface area contributed by atoms with E-state index in [1.165, 1.54) is 22.5 Å². The van der Waals surface area contributed by atoms with Gasteiger partial charge in [-0.2, -0.15) is 4.98 Å². The minimum atomic E-state index is -0.869. The number of hydrogen-bond acceptors (Lipinski definition) is 7. The molecule has 26 heavy (non-hydrogen) atoms. The molecule has 0 saturated carbocycles. The molecule has 0 aliphatic carbocycles. The molecule has 0 saturated heterocycles. The highest BCUT2D eigenvalue weighted by molar-refractivity contribution is 7.13. The summed E-state index contributed by atoms with van der Waals surface area (Å²) in [5.74, 6) is 0.170. The minimum absolute atomic E-state index is 0.00316. The maximum Gasteiger partial charge on any atom is 0.305 e. The Bertz CT molecular complexity index is 883. The first kappa shape index (κ1) is 17.8. The summed E-state index contributed by atoms with van der Waals surface area (Å²) in [4.78, 5) is 23.9. The smallest absolute Gasteiger partial charge is 0.305 e. The van der Waals surface area contributed by atoms with Crippen molar-refractivity contribution in [3.63, 3.8) is 0 Å². The van der Waals surface area contributed by atoms with E-state index in [2.05, 4.69) is 44.6 Å². The van der Waals surface area contributed by atoms with Crippen LogP contribution in [0.5, 0.6) is 0 Å². The lowest BCUT2D eigenvalue weighted by molar-refractivity contribution is -0.136. The standard InChI is InChI=1S/C18H19N5O2S/c1-12-4-2-3-5-13(12)11-21-15-10-14(17-19-8-9-26-17)22-18(23-15)20-7-6-16(24)25/h2-5,8-10H,6-7,11H2,1H3,(H,24,25)(H2,20,21,22,23). The second-order valence-corrected chi connectivity index (χ2v) is 6.54. The van der Waals surface area contributed by atoms with Crippen molar-refractivity contribution in [3.05, 3.63) is 53.0 Å². The Balaban J connectivity index is 1.79. The predicted molar refractivity (Wildman–Crippen MR) is 102 cm³/mol. The van der Waals surface area contributed by atoms with E-state index in [1.807, 2.05) is 23.6 Å². The quantitative estimate of drug-likeness (QED) is 0.559. The molecule has 7 nitrogen and oxygen atoms in total. The van der Waals surface area contributed by atoms with Gasteiger partial charge in [0.1, 0.15) is 16.5 Å². The number of nitrogens with one attached hydrogen (secondary N) is 2. The number of aromatic nitrogens is 3. The van der Waals surface area contributed by atoms with Gasteiger partial charge in [-0.25, -0.2) is 9.97 Å². The third-order valence-corrected chi connectivity index (χ3v) is 4.52. The van der Waals surface area contributed by atoms with Gasteiger partial charge >= 0.3 is 5.97 Å². The molecule has 3 N–H and O–H groups in total. The number of carboxylic acids is 1. The fourth-order valence-electron chi connectivity index (χ4n) is 2.35. The van der Waals surface area contributed by atoms with Crippen molar-refractivity contribution in [3.8, 4) is 10.7 Å². The van der Waals surface area contributed by atoms with Crippen LogP contribution < -0.4 is 10.6 Å². The second kappa shape index (κ2) is 8.39. The van der Waals surface area contributed by atoms with Gasteiger partial charge in [0.25, 0.3) is 0 Å². The number of hydrogen-bond donors (Lipinski definition) is 3. The van der Waals surface area contributed by atoms with Crippen molar-refractivity contribution in [1.82, 2.24) is 15.0 Å². The molecule has 0 unspecified atom stereocenters. The van der Waals surface area contributed by atoms with Gasteiger partial charge < -0.3 is 15.7 Å². The van der Waals surface area contributed by atoms with Crippen LogP contribution in [-0.4, -0.2) is 32.6 Å². The normalized spacial score (nSPS) is 10.5. The molecule has 0 atom stereocenters. The third-order valence-electron chi connectivity index (χ3n) is 3.72. The average molecular weight is 369 g/mol. The maximum atomic E-state index is 10.7. The molecule has 0 amide bonds. The monoisotopic (exact) mass is 369 g/mol. The van der Waals surface area contributed by atoms with Gasteiger partial charge in [0.15, 0.2) is 0 Å². The van der Waals surface area contributed by atoms with Gasteiger partial charge in [-0.1, -0.05) is 24.3 Å². The third kappa shape index (κ3) is 4.76. The summed E-state index contributed by atoms with van der Waals surface area (Å²) >= 11 is 1.49. The summed E-state index contributed by atoms with van der Waals surface area (Å²) in [5.41, 5.74) is 3.08. The number of aryl methyl sites for hydroxylation is 1. The highest BCUT2D eigenvalue weighted by Gasteiger charge is 2.09. The predicted octanol–water partition coefficient (Wildman–Crippen LogP) is 3.41. The van der Waals surface area contributed by atoms with Crippen molar-refractivity contribution in [2.24, 2.45) is 0 Å². The summed E-state index contributed by atoms with van der Waals surface area (Å²) in [6, 6.07) is 9.99. The van der Waals surface area contributed by atoms with E-state index in [0.717, 1.165) is 5.01 Å². The van der Waals surface area contributed by atoms with Gasteiger partial charge in [-0.15, -0.1) is 11.3 Å². The Morgan fingerprint density at radius 3 is 2.81 bits per heavy atom. The first-order valence-electron chi connectivity index (χ1n) is 8.15. The van der Waals surface area contributed by atoms with E-state index in [0.29, 0.717) is 24.0 Å². The molecular formula is C18H19N5O2S. The summed E-state index contributed by atoms with van der Waals surface area (Å²) in [7, 11) is 0. The van der Waals surface area contributed by atoms with Crippen LogP contribution in [0.15, 0.2) is 41.9 Å². The van der Waals surface area contributed by atoms with Gasteiger partial charge in [0.05, 0.1) is 6.42 Å². The summed E-state index contributed by atoms with van der Waals surface area (Å²) in [5, 5.41) is 17.7. The van der Waals surface area contributed by atoms with Crippen molar-refractivity contribution >= 4 is 29.1 Å². The number of anilines is 2. The number of carbonyl (C=O) groups is 1. The van der Waals surface area contributed by atoms with Gasteiger partial charge in [-0.05, 0) is 18.1 Å². The van der Waals surface area contributed by atoms with Crippen LogP contribution in [0.1, 0.15) is 17.5 Å². The molecule has 2 heterocycles. The number of benzene rings is 1. The lowest BCUT2D eigenvalue weighted by Crippen LogP contribution is -2.11. The van der Waals surface area contributed by atoms with E-state index in [1.54, 1.807) is 6.20 Å². The molecule has 3 rings (SSSR count). The summed E-state index contributed by atoms with van der Waals surface area (Å²) < 4.78 is 0. The van der Waals surface area contributed by atoms with Crippen LogP contribution >= 0.6 is 11.3 Å². The number of nitrogens with zero attached hydrogens (tertiary/aromatic N) is 3. The highest BCUT2D eigenvalue weighted by atomic mass is 32.1. The molecule has 0 radical (unpaired) electrons. The van der Waals surface area contributed by atoms with Crippen molar-refractivity contribution < 1.29 is 9.90 Å². The first-order valence-corrected chi connectivity index (χ1v) is 9.03. The SMILES string of the molecule is Cc1ccccc1CNc1cc(-c2nccs2)nc(NCCC(=O)O)n1. The molecular weight excluding hydrogens is 350 g/mol. The average Bonchev–Trinajstić information content (AvgIpc) is 3.15. The van der Waals surface area contributed by atoms with Gasteiger partial charge in [0.2, 0.25) is 5.95 Å². The van der Waals surface area contributed by atoms with Gasteiger partial charge in [-0.3, -0.25) is 4.79 Å². The van der Waals surface area contributed by atoms with Crippen LogP contribution in [0, 0.1) is 6.92 Å². The Morgan fingerprint density at radius 1 is 1.23 bits per heavy atom. The summed E-state index contributed by atoms with van der Waals surface area (Å²) in [6.45, 7) is 2.96. The molecule has 0 bridgehead atoms. The van der Waals surface area contributed by atoms with Crippen molar-refractivity contribution in [2.75, 3.05) is 17.2 Å². The largest absolute Gasteiger partial charge is 0.481 e. The van der Waals surface area contributed by atoms with E-state index < -0.39 is 5.97 Å². The van der Waals surface area contributed by atoms with E-state index in [-0.39, 0.29) is 13.0 Å². The van der Waals surface area contributed by atoms with Crippen LogP contribution in [0.4, 0.5) is 11.8 Å². The van der Waals surface area contributed by atoms with E-state index >= 15 is 0 Å². The summed E-state index contributed by atoms with van der Waals surface area (Å²) in [6.07, 6.45) is 1.72. The Kier molecular flexibility index (Phi) is 5.75. The Hall–Kier alpha value is -3.00. The van der Waals surface area contributed by atoms with Gasteiger partial charge in [0, 0.05) is 30.7 Å². The molecule has 0 aliphatic rings. The topological polar surface area (TPSA) is 100 Å². The van der Waals surface area contributed by atoms with Crippen LogP contribution in [0.25, 0.3) is 10.7 Å². The lowest BCUT2D eigenvalue weighted by atomic mass is 10.1. The van der Waals surface area contributed by atoms with Crippen molar-refractivity contribution in [1.29, 1.82) is 0 Å². The zero-order valence-corrected chi connectivity index (χ0v) is 15.1. The molecule has 0 fully saturated rings. The molecule has 134 valence electrons. The van der Waals surface area contributed by atoms with E-state index in [4.69, 9.17) is 5.11 Å². The molecule has 0 spiro atoms. The van der Waals surface area contributed by atoms with Crippen LogP contribution in [-0.2, 0) is 11.3 Å². The van der Waals surface area contributed by atoms with Crippen LogP contribution in [0.2, 0.25) is 0 Å². The fourth-order valence-corrected chi connectivity index (χ4v) is 2.95. The second-order valence-electron chi connectivity index (χ2n) is 5.65. The minimum Gasteiger partial charge on any atom is -0.481 e. The molecule has 0 aliphatic heterocycles. The Labute approximate surface area is 155 Å². The molecule has 8 heteroatoms. The number of rotatable bonds is 8. The van der Waals surface area contributed by atoms with Crippen molar-refractivity contribution in [2.45, 2.75) is 19.9 Å². The lowest BCUT2D eigenvalue weighted by Gasteiger charge is -2.11. The molecule has 3 aromatic rings. The van der Waals surface area contributed by atoms with Crippen LogP contribution in [0.3, 0.4) is 0 Å². The molecule has 2 aromatic heterocycles. The Morgan fingerprint density at radius 2 is 2.08 bits per heavy atom. The zero-order chi connectivity index (χ0) is 18.4. The number of aliphatic carboxylic acids is 1.